The first kappa shape index (κ1) is 10.7. The number of pyridine rings is 1. The molecule has 0 saturated carbocycles. The molecular weight excluding hydrogens is 184 g/mol. The van der Waals surface area contributed by atoms with E-state index in [4.69, 9.17) is 15.9 Å². The Balaban J connectivity index is 2.98. The van der Waals surface area contributed by atoms with E-state index in [2.05, 4.69) is 0 Å². The first-order chi connectivity index (χ1) is 6.54. The van der Waals surface area contributed by atoms with Crippen LogP contribution < -0.4 is 11.3 Å². The number of hydrogen-bond donors (Lipinski definition) is 3. The fourth-order valence-electron chi connectivity index (χ4n) is 1.11. The van der Waals surface area contributed by atoms with Gasteiger partial charge in [0.15, 0.2) is 0 Å². The summed E-state index contributed by atoms with van der Waals surface area (Å²) in [7, 11) is 0. The Morgan fingerprint density at radius 1 is 1.64 bits per heavy atom. The standard InChI is InChI=1S/C9H14N2O3/c1-6-2-9(14)11(4-8(6)10)3-7(13)5-12/h2,4,7,12-13H,3,5,10H2,1H3. The number of anilines is 1. The molecule has 0 fully saturated rings. The first-order valence-corrected chi connectivity index (χ1v) is 4.30. The highest BCUT2D eigenvalue weighted by Gasteiger charge is 2.06. The van der Waals surface area contributed by atoms with Crippen molar-refractivity contribution in [3.05, 3.63) is 28.2 Å². The second kappa shape index (κ2) is 4.26. The van der Waals surface area contributed by atoms with Gasteiger partial charge in [-0.3, -0.25) is 4.79 Å². The minimum atomic E-state index is -0.935. The van der Waals surface area contributed by atoms with Gasteiger partial charge in [-0.1, -0.05) is 0 Å². The van der Waals surface area contributed by atoms with Gasteiger partial charge >= 0.3 is 0 Å². The third-order valence-corrected chi connectivity index (χ3v) is 1.99. The van der Waals surface area contributed by atoms with Gasteiger partial charge < -0.3 is 20.5 Å². The van der Waals surface area contributed by atoms with Crippen LogP contribution in [0, 0.1) is 6.92 Å². The normalized spacial score (nSPS) is 12.8. The number of aryl methyl sites for hydroxylation is 1. The van der Waals surface area contributed by atoms with Crippen molar-refractivity contribution in [2.45, 2.75) is 19.6 Å². The summed E-state index contributed by atoms with van der Waals surface area (Å²) in [5, 5.41) is 17.8. The van der Waals surface area contributed by atoms with Crippen LogP contribution in [-0.4, -0.2) is 27.5 Å². The van der Waals surface area contributed by atoms with Crippen LogP contribution in [-0.2, 0) is 6.54 Å². The van der Waals surface area contributed by atoms with E-state index in [1.165, 1.54) is 16.8 Å². The minimum absolute atomic E-state index is 0.0554. The number of aromatic nitrogens is 1. The lowest BCUT2D eigenvalue weighted by atomic mass is 10.2. The van der Waals surface area contributed by atoms with Crippen molar-refractivity contribution >= 4 is 5.69 Å². The summed E-state index contributed by atoms with van der Waals surface area (Å²) < 4.78 is 1.28. The molecule has 0 radical (unpaired) electrons. The van der Waals surface area contributed by atoms with E-state index in [1.54, 1.807) is 6.92 Å². The van der Waals surface area contributed by atoms with Crippen molar-refractivity contribution < 1.29 is 10.2 Å². The van der Waals surface area contributed by atoms with E-state index in [9.17, 15) is 4.79 Å². The summed E-state index contributed by atoms with van der Waals surface area (Å²) >= 11 is 0. The van der Waals surface area contributed by atoms with E-state index < -0.39 is 6.10 Å². The molecule has 0 saturated heterocycles. The Hall–Kier alpha value is -1.33. The molecule has 0 aromatic carbocycles. The van der Waals surface area contributed by atoms with Crippen LogP contribution in [0.15, 0.2) is 17.1 Å². The smallest absolute Gasteiger partial charge is 0.251 e. The number of rotatable bonds is 3. The fourth-order valence-corrected chi connectivity index (χ4v) is 1.11. The van der Waals surface area contributed by atoms with Crippen LogP contribution in [0.2, 0.25) is 0 Å². The molecule has 0 aliphatic heterocycles. The predicted octanol–water partition coefficient (Wildman–Crippen LogP) is -0.908. The second-order valence-electron chi connectivity index (χ2n) is 3.24. The van der Waals surface area contributed by atoms with Crippen LogP contribution in [0.5, 0.6) is 0 Å². The number of nitrogen functional groups attached to an aromatic ring is 1. The zero-order valence-corrected chi connectivity index (χ0v) is 7.97. The number of nitrogens with two attached hydrogens (primary N) is 1. The monoisotopic (exact) mass is 198 g/mol. The molecule has 1 heterocycles. The average Bonchev–Trinajstić information content (AvgIpc) is 2.14. The lowest BCUT2D eigenvalue weighted by Gasteiger charge is -2.11. The average molecular weight is 198 g/mol. The van der Waals surface area contributed by atoms with E-state index in [0.717, 1.165) is 0 Å². The maximum Gasteiger partial charge on any atom is 0.251 e. The highest BCUT2D eigenvalue weighted by molar-refractivity contribution is 5.42. The van der Waals surface area contributed by atoms with Crippen molar-refractivity contribution in [3.8, 4) is 0 Å². The summed E-state index contributed by atoms with van der Waals surface area (Å²) in [4.78, 5) is 11.4. The molecule has 0 aliphatic carbocycles. The van der Waals surface area contributed by atoms with Crippen LogP contribution in [0.25, 0.3) is 0 Å². The molecular formula is C9H14N2O3. The number of aliphatic hydroxyl groups excluding tert-OH is 2. The zero-order chi connectivity index (χ0) is 10.7. The highest BCUT2D eigenvalue weighted by atomic mass is 16.3. The lowest BCUT2D eigenvalue weighted by Crippen LogP contribution is -2.28. The summed E-state index contributed by atoms with van der Waals surface area (Å²) in [5.74, 6) is 0. The van der Waals surface area contributed by atoms with E-state index in [0.29, 0.717) is 11.3 Å². The van der Waals surface area contributed by atoms with Crippen molar-refractivity contribution in [2.75, 3.05) is 12.3 Å². The van der Waals surface area contributed by atoms with Crippen molar-refractivity contribution in [1.29, 1.82) is 0 Å². The topological polar surface area (TPSA) is 88.5 Å². The number of hydrogen-bond acceptors (Lipinski definition) is 4. The summed E-state index contributed by atoms with van der Waals surface area (Å²) in [5.41, 5.74) is 6.58. The summed E-state index contributed by atoms with van der Waals surface area (Å²) in [6.07, 6.45) is 0.533. The molecule has 4 N–H and O–H groups in total. The molecule has 78 valence electrons. The van der Waals surface area contributed by atoms with Gasteiger partial charge in [0.1, 0.15) is 0 Å². The summed E-state index contributed by atoms with van der Waals surface area (Å²) in [6, 6.07) is 1.40. The Bertz CT molecular complexity index is 373. The van der Waals surface area contributed by atoms with Gasteiger partial charge in [0.2, 0.25) is 0 Å². The zero-order valence-electron chi connectivity index (χ0n) is 7.97. The molecule has 1 unspecified atom stereocenters. The number of aliphatic hydroxyl groups is 2. The van der Waals surface area contributed by atoms with Crippen LogP contribution in [0.4, 0.5) is 5.69 Å². The van der Waals surface area contributed by atoms with Crippen LogP contribution in [0.1, 0.15) is 5.56 Å². The third kappa shape index (κ3) is 2.34. The van der Waals surface area contributed by atoms with Gasteiger partial charge in [-0.15, -0.1) is 0 Å². The largest absolute Gasteiger partial charge is 0.397 e. The van der Waals surface area contributed by atoms with E-state index in [-0.39, 0.29) is 18.7 Å². The molecule has 5 heteroatoms. The lowest BCUT2D eigenvalue weighted by molar-refractivity contribution is 0.0804. The molecule has 0 spiro atoms. The van der Waals surface area contributed by atoms with Crippen molar-refractivity contribution in [3.63, 3.8) is 0 Å². The summed E-state index contributed by atoms with van der Waals surface area (Å²) in [6.45, 7) is 1.42. The molecule has 0 bridgehead atoms. The maximum atomic E-state index is 11.4. The molecule has 1 rings (SSSR count). The molecule has 1 aromatic rings. The SMILES string of the molecule is Cc1cc(=O)n(CC(O)CO)cc1N. The Kier molecular flexibility index (Phi) is 3.27. The van der Waals surface area contributed by atoms with E-state index in [1.807, 2.05) is 0 Å². The minimum Gasteiger partial charge on any atom is -0.397 e. The van der Waals surface area contributed by atoms with Crippen molar-refractivity contribution in [2.24, 2.45) is 0 Å². The second-order valence-corrected chi connectivity index (χ2v) is 3.24. The van der Waals surface area contributed by atoms with Gasteiger partial charge in [-0.25, -0.2) is 0 Å². The Morgan fingerprint density at radius 2 is 2.29 bits per heavy atom. The Labute approximate surface area is 81.4 Å². The van der Waals surface area contributed by atoms with Gasteiger partial charge in [0.05, 0.1) is 24.9 Å². The molecule has 5 nitrogen and oxygen atoms in total. The molecule has 0 amide bonds. The maximum absolute atomic E-state index is 11.4. The van der Waals surface area contributed by atoms with Gasteiger partial charge in [0, 0.05) is 12.3 Å². The highest BCUT2D eigenvalue weighted by Crippen LogP contribution is 2.05. The quantitative estimate of drug-likeness (QED) is 0.586. The molecule has 0 aliphatic rings. The third-order valence-electron chi connectivity index (χ3n) is 1.99. The van der Waals surface area contributed by atoms with Gasteiger partial charge in [0.25, 0.3) is 5.56 Å². The van der Waals surface area contributed by atoms with E-state index >= 15 is 0 Å². The van der Waals surface area contributed by atoms with Crippen LogP contribution in [0.3, 0.4) is 0 Å². The Morgan fingerprint density at radius 3 is 2.86 bits per heavy atom. The van der Waals surface area contributed by atoms with Crippen LogP contribution >= 0.6 is 0 Å². The first-order valence-electron chi connectivity index (χ1n) is 4.30. The fraction of sp³-hybridized carbons (Fsp3) is 0.444. The number of nitrogens with zero attached hydrogens (tertiary/aromatic N) is 1. The molecule has 14 heavy (non-hydrogen) atoms. The van der Waals surface area contributed by atoms with Gasteiger partial charge in [-0.05, 0) is 12.5 Å². The predicted molar refractivity (Wildman–Crippen MR) is 52.9 cm³/mol. The van der Waals surface area contributed by atoms with Crippen molar-refractivity contribution in [1.82, 2.24) is 4.57 Å². The van der Waals surface area contributed by atoms with Gasteiger partial charge in [-0.2, -0.15) is 0 Å². The molecule has 1 aromatic heterocycles. The molecule has 1 atom stereocenters.